The first-order chi connectivity index (χ1) is 19.6. The molecule has 6 aromatic rings. The Labute approximate surface area is 230 Å². The molecule has 5 heterocycles. The van der Waals surface area contributed by atoms with Crippen LogP contribution >= 0.6 is 0 Å². The summed E-state index contributed by atoms with van der Waals surface area (Å²) in [6.45, 7) is 4.13. The van der Waals surface area contributed by atoms with Gasteiger partial charge in [-0.25, -0.2) is 4.98 Å². The van der Waals surface area contributed by atoms with Crippen molar-refractivity contribution in [2.75, 3.05) is 43.4 Å². The molecule has 0 radical (unpaired) electrons. The van der Waals surface area contributed by atoms with Gasteiger partial charge in [0.15, 0.2) is 5.65 Å². The predicted molar refractivity (Wildman–Crippen MR) is 159 cm³/mol. The lowest BCUT2D eigenvalue weighted by Gasteiger charge is -2.34. The van der Waals surface area contributed by atoms with E-state index in [1.54, 1.807) is 30.7 Å². The number of pyridine rings is 2. The van der Waals surface area contributed by atoms with Crippen molar-refractivity contribution in [3.8, 4) is 22.5 Å². The van der Waals surface area contributed by atoms with Crippen molar-refractivity contribution in [1.82, 2.24) is 30.0 Å². The summed E-state index contributed by atoms with van der Waals surface area (Å²) in [5.41, 5.74) is 7.75. The second-order valence-corrected chi connectivity index (χ2v) is 10.2. The Morgan fingerprint density at radius 2 is 1.70 bits per heavy atom. The molecule has 1 aliphatic heterocycles. The van der Waals surface area contributed by atoms with Crippen LogP contribution in [-0.2, 0) is 0 Å². The molecule has 0 unspecified atom stereocenters. The van der Waals surface area contributed by atoms with Crippen LogP contribution in [0.5, 0.6) is 0 Å². The van der Waals surface area contributed by atoms with E-state index in [2.05, 4.69) is 77.6 Å². The van der Waals surface area contributed by atoms with Crippen molar-refractivity contribution in [3.63, 3.8) is 0 Å². The number of benzene rings is 2. The van der Waals surface area contributed by atoms with Crippen LogP contribution in [0, 0.1) is 0 Å². The molecule has 1 aliphatic rings. The van der Waals surface area contributed by atoms with Crippen molar-refractivity contribution in [1.29, 1.82) is 0 Å². The van der Waals surface area contributed by atoms with Crippen LogP contribution < -0.4 is 10.2 Å². The Morgan fingerprint density at radius 3 is 2.55 bits per heavy atom. The van der Waals surface area contributed by atoms with Crippen molar-refractivity contribution < 1.29 is 4.79 Å². The van der Waals surface area contributed by atoms with Gasteiger partial charge in [-0.3, -0.25) is 14.9 Å². The maximum atomic E-state index is 12.6. The lowest BCUT2D eigenvalue weighted by molar-refractivity contribution is 0.102. The maximum Gasteiger partial charge on any atom is 0.255 e. The van der Waals surface area contributed by atoms with Gasteiger partial charge in [0, 0.05) is 77.2 Å². The standard InChI is InChI=1S/C31H28N8O/c1-38-10-12-39(13-11-38)28-9-5-8-26-24(28)16-27(35-26)29-25-15-22(18-33-30(25)37-36-29)21-14-23(19-32-17-21)34-31(40)20-6-3-2-4-7-20/h2-9,14-19,35H,10-13H2,1H3,(H,34,40)(H,33,36,37). The van der Waals surface area contributed by atoms with E-state index in [-0.39, 0.29) is 5.91 Å². The number of carbonyl (C=O) groups is 1. The summed E-state index contributed by atoms with van der Waals surface area (Å²) in [6, 6.07) is 21.7. The SMILES string of the molecule is CN1CCN(c2cccc3[nH]c(-c4[nH]nc5ncc(-c6cncc(NC(=O)c7ccccc7)c6)cc45)cc23)CC1. The molecular weight excluding hydrogens is 500 g/mol. The molecule has 9 nitrogen and oxygen atoms in total. The fourth-order valence-electron chi connectivity index (χ4n) is 5.32. The number of aromatic amines is 2. The third-order valence-electron chi connectivity index (χ3n) is 7.53. The minimum absolute atomic E-state index is 0.181. The largest absolute Gasteiger partial charge is 0.368 e. The number of nitrogens with one attached hydrogen (secondary N) is 3. The van der Waals surface area contributed by atoms with Gasteiger partial charge >= 0.3 is 0 Å². The normalized spacial score (nSPS) is 14.2. The number of hydrogen-bond acceptors (Lipinski definition) is 6. The zero-order valence-corrected chi connectivity index (χ0v) is 22.1. The third kappa shape index (κ3) is 4.46. The van der Waals surface area contributed by atoms with E-state index in [4.69, 9.17) is 0 Å². The van der Waals surface area contributed by atoms with Crippen LogP contribution in [0.15, 0.2) is 85.3 Å². The third-order valence-corrected chi connectivity index (χ3v) is 7.53. The number of aromatic nitrogens is 5. The lowest BCUT2D eigenvalue weighted by atomic mass is 10.1. The van der Waals surface area contributed by atoms with E-state index in [0.29, 0.717) is 16.9 Å². The summed E-state index contributed by atoms with van der Waals surface area (Å²) >= 11 is 0. The van der Waals surface area contributed by atoms with E-state index in [1.807, 2.05) is 24.3 Å². The van der Waals surface area contributed by atoms with Crippen LogP contribution in [0.2, 0.25) is 0 Å². The van der Waals surface area contributed by atoms with Crippen LogP contribution in [0.25, 0.3) is 44.5 Å². The number of piperazine rings is 1. The summed E-state index contributed by atoms with van der Waals surface area (Å²) in [5, 5.41) is 12.7. The van der Waals surface area contributed by atoms with Gasteiger partial charge in [-0.05, 0) is 49.5 Å². The summed E-state index contributed by atoms with van der Waals surface area (Å²) < 4.78 is 0. The maximum absolute atomic E-state index is 12.6. The second-order valence-electron chi connectivity index (χ2n) is 10.2. The van der Waals surface area contributed by atoms with Crippen molar-refractivity contribution >= 4 is 39.2 Å². The number of anilines is 2. The summed E-state index contributed by atoms with van der Waals surface area (Å²) in [6.07, 6.45) is 5.19. The second kappa shape index (κ2) is 9.94. The quantitative estimate of drug-likeness (QED) is 0.285. The molecule has 0 atom stereocenters. The lowest BCUT2D eigenvalue weighted by Crippen LogP contribution is -2.44. The average molecular weight is 529 g/mol. The average Bonchev–Trinajstić information content (AvgIpc) is 3.62. The fraction of sp³-hybridized carbons (Fsp3) is 0.161. The molecule has 1 amide bonds. The number of rotatable bonds is 5. The van der Waals surface area contributed by atoms with Gasteiger partial charge in [0.1, 0.15) is 0 Å². The highest BCUT2D eigenvalue weighted by Gasteiger charge is 2.19. The zero-order chi connectivity index (χ0) is 27.1. The number of hydrogen-bond donors (Lipinski definition) is 3. The zero-order valence-electron chi connectivity index (χ0n) is 22.1. The molecule has 1 fully saturated rings. The fourth-order valence-corrected chi connectivity index (χ4v) is 5.32. The topological polar surface area (TPSA) is 106 Å². The Hall–Kier alpha value is -5.02. The molecule has 4 aromatic heterocycles. The molecule has 0 spiro atoms. The van der Waals surface area contributed by atoms with Gasteiger partial charge in [-0.2, -0.15) is 5.10 Å². The highest BCUT2D eigenvalue weighted by Crippen LogP contribution is 2.34. The Morgan fingerprint density at radius 1 is 0.875 bits per heavy atom. The summed E-state index contributed by atoms with van der Waals surface area (Å²) in [4.78, 5) is 30.0. The van der Waals surface area contributed by atoms with Crippen LogP contribution in [-0.4, -0.2) is 69.2 Å². The van der Waals surface area contributed by atoms with E-state index in [1.165, 1.54) is 11.1 Å². The molecule has 3 N–H and O–H groups in total. The molecule has 0 saturated carbocycles. The van der Waals surface area contributed by atoms with E-state index in [0.717, 1.165) is 59.6 Å². The van der Waals surface area contributed by atoms with E-state index in [9.17, 15) is 4.79 Å². The van der Waals surface area contributed by atoms with E-state index >= 15 is 0 Å². The molecule has 7 rings (SSSR count). The van der Waals surface area contributed by atoms with Crippen molar-refractivity contribution in [3.05, 3.63) is 90.9 Å². The van der Waals surface area contributed by atoms with Gasteiger partial charge in [0.25, 0.3) is 5.91 Å². The highest BCUT2D eigenvalue weighted by molar-refractivity contribution is 6.04. The summed E-state index contributed by atoms with van der Waals surface area (Å²) in [7, 11) is 2.17. The Bertz CT molecular complexity index is 1830. The molecule has 40 heavy (non-hydrogen) atoms. The van der Waals surface area contributed by atoms with Gasteiger partial charge in [0.2, 0.25) is 0 Å². The Balaban J connectivity index is 1.21. The number of nitrogens with zero attached hydrogens (tertiary/aromatic N) is 5. The highest BCUT2D eigenvalue weighted by atomic mass is 16.1. The number of carbonyl (C=O) groups excluding carboxylic acids is 1. The first-order valence-corrected chi connectivity index (χ1v) is 13.3. The monoisotopic (exact) mass is 528 g/mol. The molecular formula is C31H28N8O. The molecule has 198 valence electrons. The molecule has 0 bridgehead atoms. The molecule has 0 aliphatic carbocycles. The van der Waals surface area contributed by atoms with E-state index < -0.39 is 0 Å². The molecule has 2 aromatic carbocycles. The first-order valence-electron chi connectivity index (χ1n) is 13.3. The van der Waals surface area contributed by atoms with Gasteiger partial charge in [0.05, 0.1) is 23.3 Å². The Kier molecular flexibility index (Phi) is 5.98. The smallest absolute Gasteiger partial charge is 0.255 e. The number of likely N-dealkylation sites (N-methyl/N-ethyl adjacent to an activating group) is 1. The van der Waals surface area contributed by atoms with Crippen LogP contribution in [0.1, 0.15) is 10.4 Å². The van der Waals surface area contributed by atoms with Crippen molar-refractivity contribution in [2.24, 2.45) is 0 Å². The van der Waals surface area contributed by atoms with Gasteiger partial charge < -0.3 is 20.1 Å². The molecule has 1 saturated heterocycles. The first kappa shape index (κ1) is 24.1. The predicted octanol–water partition coefficient (Wildman–Crippen LogP) is 5.17. The number of fused-ring (bicyclic) bond motifs is 2. The van der Waals surface area contributed by atoms with Gasteiger partial charge in [-0.15, -0.1) is 0 Å². The van der Waals surface area contributed by atoms with Crippen LogP contribution in [0.4, 0.5) is 11.4 Å². The number of H-pyrrole nitrogens is 2. The summed E-state index contributed by atoms with van der Waals surface area (Å²) in [5.74, 6) is -0.181. The molecule has 9 heteroatoms. The minimum atomic E-state index is -0.181. The minimum Gasteiger partial charge on any atom is -0.368 e. The van der Waals surface area contributed by atoms with Gasteiger partial charge in [-0.1, -0.05) is 24.3 Å². The number of amides is 1. The van der Waals surface area contributed by atoms with Crippen LogP contribution in [0.3, 0.4) is 0 Å². The van der Waals surface area contributed by atoms with Crippen molar-refractivity contribution in [2.45, 2.75) is 0 Å².